The van der Waals surface area contributed by atoms with Crippen molar-refractivity contribution in [3.05, 3.63) is 53.9 Å². The summed E-state index contributed by atoms with van der Waals surface area (Å²) in [6.45, 7) is 4.18. The Bertz CT molecular complexity index is 491. The molecule has 3 N–H and O–H groups in total. The second kappa shape index (κ2) is 4.87. The molecular formula is C14H17N3. The first kappa shape index (κ1) is 11.5. The summed E-state index contributed by atoms with van der Waals surface area (Å²) in [5.74, 6) is 0. The van der Waals surface area contributed by atoms with Crippen LogP contribution in [0.1, 0.15) is 24.1 Å². The highest BCUT2D eigenvalue weighted by Gasteiger charge is 2.06. The molecule has 0 saturated carbocycles. The molecule has 0 aliphatic heterocycles. The average molecular weight is 227 g/mol. The Labute approximate surface area is 102 Å². The van der Waals surface area contributed by atoms with E-state index in [2.05, 4.69) is 17.2 Å². The largest absolute Gasteiger partial charge is 0.399 e. The number of aromatic nitrogens is 1. The standard InChI is InChI=1S/C14H17N3/c1-10-9-16-8-7-14(10)17-11(2)12-3-5-13(15)6-4-12/h3-9,11H,15H2,1-2H3,(H,16,17). The number of pyridine rings is 1. The van der Waals surface area contributed by atoms with E-state index in [1.165, 1.54) is 5.56 Å². The van der Waals surface area contributed by atoms with E-state index in [-0.39, 0.29) is 6.04 Å². The number of anilines is 2. The van der Waals surface area contributed by atoms with Crippen molar-refractivity contribution in [1.29, 1.82) is 0 Å². The Kier molecular flexibility index (Phi) is 3.28. The van der Waals surface area contributed by atoms with E-state index in [9.17, 15) is 0 Å². The van der Waals surface area contributed by atoms with E-state index in [0.717, 1.165) is 16.9 Å². The third-order valence-corrected chi connectivity index (χ3v) is 2.83. The lowest BCUT2D eigenvalue weighted by molar-refractivity contribution is 0.882. The summed E-state index contributed by atoms with van der Waals surface area (Å²) in [6.07, 6.45) is 3.66. The fourth-order valence-corrected chi connectivity index (χ4v) is 1.74. The number of aryl methyl sites for hydroxylation is 1. The average Bonchev–Trinajstić information content (AvgIpc) is 2.33. The molecular weight excluding hydrogens is 210 g/mol. The minimum atomic E-state index is 0.247. The van der Waals surface area contributed by atoms with E-state index in [1.807, 2.05) is 43.5 Å². The molecule has 88 valence electrons. The molecule has 0 spiro atoms. The first-order valence-corrected chi connectivity index (χ1v) is 5.69. The number of nitrogens with one attached hydrogen (secondary N) is 1. The summed E-state index contributed by atoms with van der Waals surface area (Å²) >= 11 is 0. The quantitative estimate of drug-likeness (QED) is 0.792. The second-order valence-electron chi connectivity index (χ2n) is 4.22. The smallest absolute Gasteiger partial charge is 0.0485 e. The maximum Gasteiger partial charge on any atom is 0.0485 e. The van der Waals surface area contributed by atoms with Crippen molar-refractivity contribution in [2.24, 2.45) is 0 Å². The second-order valence-corrected chi connectivity index (χ2v) is 4.22. The highest BCUT2D eigenvalue weighted by molar-refractivity contribution is 5.51. The Balaban J connectivity index is 2.14. The fraction of sp³-hybridized carbons (Fsp3) is 0.214. The van der Waals surface area contributed by atoms with Gasteiger partial charge in [0.05, 0.1) is 0 Å². The lowest BCUT2D eigenvalue weighted by Gasteiger charge is -2.17. The van der Waals surface area contributed by atoms with E-state index in [0.29, 0.717) is 0 Å². The van der Waals surface area contributed by atoms with E-state index < -0.39 is 0 Å². The molecule has 0 radical (unpaired) electrons. The Morgan fingerprint density at radius 2 is 1.88 bits per heavy atom. The van der Waals surface area contributed by atoms with Gasteiger partial charge in [-0.15, -0.1) is 0 Å². The van der Waals surface area contributed by atoms with E-state index in [1.54, 1.807) is 6.20 Å². The molecule has 1 aromatic carbocycles. The van der Waals surface area contributed by atoms with Gasteiger partial charge in [-0.1, -0.05) is 12.1 Å². The minimum absolute atomic E-state index is 0.247. The summed E-state index contributed by atoms with van der Waals surface area (Å²) < 4.78 is 0. The molecule has 3 heteroatoms. The minimum Gasteiger partial charge on any atom is -0.399 e. The van der Waals surface area contributed by atoms with Gasteiger partial charge in [-0.3, -0.25) is 4.98 Å². The van der Waals surface area contributed by atoms with Crippen LogP contribution in [-0.4, -0.2) is 4.98 Å². The summed E-state index contributed by atoms with van der Waals surface area (Å²) in [5.41, 5.74) is 9.95. The van der Waals surface area contributed by atoms with Crippen molar-refractivity contribution in [3.8, 4) is 0 Å². The number of nitrogen functional groups attached to an aromatic ring is 1. The third-order valence-electron chi connectivity index (χ3n) is 2.83. The predicted molar refractivity (Wildman–Crippen MR) is 71.9 cm³/mol. The number of rotatable bonds is 3. The maximum absolute atomic E-state index is 5.67. The molecule has 1 aromatic heterocycles. The van der Waals surface area contributed by atoms with Crippen LogP contribution in [0.2, 0.25) is 0 Å². The van der Waals surface area contributed by atoms with Gasteiger partial charge in [0, 0.05) is 29.8 Å². The van der Waals surface area contributed by atoms with Crippen LogP contribution in [0.3, 0.4) is 0 Å². The number of benzene rings is 1. The molecule has 2 rings (SSSR count). The summed E-state index contributed by atoms with van der Waals surface area (Å²) in [4.78, 5) is 4.08. The number of hydrogen-bond acceptors (Lipinski definition) is 3. The molecule has 0 fully saturated rings. The Morgan fingerprint density at radius 1 is 1.18 bits per heavy atom. The van der Waals surface area contributed by atoms with Gasteiger partial charge in [-0.25, -0.2) is 0 Å². The lowest BCUT2D eigenvalue weighted by atomic mass is 10.1. The van der Waals surface area contributed by atoms with Crippen molar-refractivity contribution < 1.29 is 0 Å². The van der Waals surface area contributed by atoms with Crippen molar-refractivity contribution in [2.45, 2.75) is 19.9 Å². The van der Waals surface area contributed by atoms with Crippen molar-refractivity contribution >= 4 is 11.4 Å². The van der Waals surface area contributed by atoms with Gasteiger partial charge < -0.3 is 11.1 Å². The predicted octanol–water partition coefficient (Wildman–Crippen LogP) is 3.15. The Morgan fingerprint density at radius 3 is 2.53 bits per heavy atom. The first-order chi connectivity index (χ1) is 8.16. The highest BCUT2D eigenvalue weighted by Crippen LogP contribution is 2.21. The van der Waals surface area contributed by atoms with Gasteiger partial charge in [-0.2, -0.15) is 0 Å². The zero-order chi connectivity index (χ0) is 12.3. The molecule has 17 heavy (non-hydrogen) atoms. The van der Waals surface area contributed by atoms with E-state index >= 15 is 0 Å². The van der Waals surface area contributed by atoms with Crippen molar-refractivity contribution in [3.63, 3.8) is 0 Å². The first-order valence-electron chi connectivity index (χ1n) is 5.69. The van der Waals surface area contributed by atoms with Crippen LogP contribution < -0.4 is 11.1 Å². The molecule has 1 unspecified atom stereocenters. The van der Waals surface area contributed by atoms with Gasteiger partial charge in [0.15, 0.2) is 0 Å². The van der Waals surface area contributed by atoms with Crippen LogP contribution >= 0.6 is 0 Å². The van der Waals surface area contributed by atoms with Gasteiger partial charge in [0.2, 0.25) is 0 Å². The molecule has 0 amide bonds. The zero-order valence-electron chi connectivity index (χ0n) is 10.1. The topological polar surface area (TPSA) is 50.9 Å². The van der Waals surface area contributed by atoms with Crippen LogP contribution in [-0.2, 0) is 0 Å². The van der Waals surface area contributed by atoms with E-state index in [4.69, 9.17) is 5.73 Å². The normalized spacial score (nSPS) is 12.1. The number of nitrogens with two attached hydrogens (primary N) is 1. The van der Waals surface area contributed by atoms with Crippen LogP contribution in [0.5, 0.6) is 0 Å². The maximum atomic E-state index is 5.67. The molecule has 0 aliphatic carbocycles. The monoisotopic (exact) mass is 227 g/mol. The molecule has 0 bridgehead atoms. The summed E-state index contributed by atoms with van der Waals surface area (Å²) in [5, 5.41) is 3.47. The molecule has 3 nitrogen and oxygen atoms in total. The number of nitrogens with zero attached hydrogens (tertiary/aromatic N) is 1. The van der Waals surface area contributed by atoms with Gasteiger partial charge >= 0.3 is 0 Å². The summed E-state index contributed by atoms with van der Waals surface area (Å²) in [7, 11) is 0. The third kappa shape index (κ3) is 2.75. The van der Waals surface area contributed by atoms with Crippen LogP contribution in [0.15, 0.2) is 42.7 Å². The highest BCUT2D eigenvalue weighted by atomic mass is 14.9. The molecule has 1 atom stereocenters. The summed E-state index contributed by atoms with van der Waals surface area (Å²) in [6, 6.07) is 10.2. The van der Waals surface area contributed by atoms with Crippen molar-refractivity contribution in [2.75, 3.05) is 11.1 Å². The van der Waals surface area contributed by atoms with Crippen LogP contribution in [0.25, 0.3) is 0 Å². The van der Waals surface area contributed by atoms with Gasteiger partial charge in [0.1, 0.15) is 0 Å². The van der Waals surface area contributed by atoms with Crippen molar-refractivity contribution in [1.82, 2.24) is 4.98 Å². The zero-order valence-corrected chi connectivity index (χ0v) is 10.1. The molecule has 1 heterocycles. The van der Waals surface area contributed by atoms with Gasteiger partial charge in [-0.05, 0) is 43.2 Å². The SMILES string of the molecule is Cc1cnccc1NC(C)c1ccc(N)cc1. The molecule has 0 aliphatic rings. The lowest BCUT2D eigenvalue weighted by Crippen LogP contribution is -2.07. The molecule has 2 aromatic rings. The Hall–Kier alpha value is -2.03. The fourth-order valence-electron chi connectivity index (χ4n) is 1.74. The molecule has 0 saturated heterocycles. The van der Waals surface area contributed by atoms with Crippen LogP contribution in [0, 0.1) is 6.92 Å². The van der Waals surface area contributed by atoms with Crippen LogP contribution in [0.4, 0.5) is 11.4 Å². The van der Waals surface area contributed by atoms with Gasteiger partial charge in [0.25, 0.3) is 0 Å². The number of hydrogen-bond donors (Lipinski definition) is 2.